The standard InChI is InChI=1S/C19H17N3O5S/c1-24-12-4-2-10(3-5-12)15-14-16(20-21-18(23)11-6-7-28-9-11)19-25-8-13(26-19)17(14)27-22-15/h2-7,9,13-14,17,19H,8H2,1H3,(H,21,23)/b20-16+/t13-,14+,17-,19-/m1/s1. The normalized spacial score (nSPS) is 29.2. The monoisotopic (exact) mass is 399 g/mol. The molecule has 3 aliphatic heterocycles. The first-order valence-corrected chi connectivity index (χ1v) is 9.74. The van der Waals surface area contributed by atoms with E-state index in [1.54, 1.807) is 18.6 Å². The number of rotatable bonds is 4. The minimum atomic E-state index is -0.626. The van der Waals surface area contributed by atoms with E-state index in [2.05, 4.69) is 15.7 Å². The Morgan fingerprint density at radius 2 is 2.18 bits per heavy atom. The van der Waals surface area contributed by atoms with Crippen LogP contribution in [0.3, 0.4) is 0 Å². The molecule has 28 heavy (non-hydrogen) atoms. The van der Waals surface area contributed by atoms with Crippen LogP contribution in [0.1, 0.15) is 15.9 Å². The summed E-state index contributed by atoms with van der Waals surface area (Å²) < 4.78 is 16.8. The molecule has 4 heterocycles. The first-order chi connectivity index (χ1) is 13.7. The van der Waals surface area contributed by atoms with E-state index in [1.165, 1.54) is 11.3 Å². The van der Waals surface area contributed by atoms with E-state index < -0.39 is 6.29 Å². The van der Waals surface area contributed by atoms with Crippen molar-refractivity contribution in [1.29, 1.82) is 0 Å². The van der Waals surface area contributed by atoms with Crippen LogP contribution >= 0.6 is 11.3 Å². The Balaban J connectivity index is 1.45. The van der Waals surface area contributed by atoms with Gasteiger partial charge in [0.1, 0.15) is 17.6 Å². The molecule has 0 unspecified atom stereocenters. The van der Waals surface area contributed by atoms with Crippen molar-refractivity contribution in [2.24, 2.45) is 16.2 Å². The zero-order chi connectivity index (χ0) is 19.1. The van der Waals surface area contributed by atoms with Gasteiger partial charge >= 0.3 is 0 Å². The molecule has 5 rings (SSSR count). The summed E-state index contributed by atoms with van der Waals surface area (Å²) in [5, 5.41) is 12.3. The molecule has 0 saturated carbocycles. The third-order valence-electron chi connectivity index (χ3n) is 4.99. The fraction of sp³-hybridized carbons (Fsp3) is 0.316. The van der Waals surface area contributed by atoms with Gasteiger partial charge < -0.3 is 19.0 Å². The van der Waals surface area contributed by atoms with Crippen molar-refractivity contribution in [2.45, 2.75) is 18.5 Å². The Morgan fingerprint density at radius 1 is 1.32 bits per heavy atom. The number of thiophene rings is 1. The molecule has 3 aliphatic rings. The highest BCUT2D eigenvalue weighted by Crippen LogP contribution is 2.38. The molecule has 1 aromatic carbocycles. The lowest BCUT2D eigenvalue weighted by molar-refractivity contribution is -0.0812. The third kappa shape index (κ3) is 2.88. The Morgan fingerprint density at radius 3 is 2.93 bits per heavy atom. The zero-order valence-corrected chi connectivity index (χ0v) is 15.7. The van der Waals surface area contributed by atoms with Crippen LogP contribution in [0.25, 0.3) is 0 Å². The average Bonchev–Trinajstić information content (AvgIpc) is 3.48. The molecule has 0 spiro atoms. The lowest BCUT2D eigenvalue weighted by Crippen LogP contribution is -2.49. The summed E-state index contributed by atoms with van der Waals surface area (Å²) in [6.07, 6.45) is -1.19. The molecule has 0 aliphatic carbocycles. The lowest BCUT2D eigenvalue weighted by Gasteiger charge is -2.30. The van der Waals surface area contributed by atoms with Gasteiger partial charge in [0.25, 0.3) is 5.91 Å². The van der Waals surface area contributed by atoms with E-state index >= 15 is 0 Å². The van der Waals surface area contributed by atoms with Gasteiger partial charge in [-0.25, -0.2) is 5.43 Å². The summed E-state index contributed by atoms with van der Waals surface area (Å²) in [5.74, 6) is 0.210. The number of fused-ring (bicyclic) bond motifs is 4. The molecule has 2 saturated heterocycles. The highest BCUT2D eigenvalue weighted by molar-refractivity contribution is 7.08. The predicted molar refractivity (Wildman–Crippen MR) is 102 cm³/mol. The molecule has 1 amide bonds. The van der Waals surface area contributed by atoms with Crippen molar-refractivity contribution in [3.8, 4) is 5.75 Å². The SMILES string of the molecule is COc1ccc(C2=NO[C@@H]3[C@H]4CO[C@H](O4)/C(=N/NC(=O)c4ccsc4)[C@H]23)cc1. The quantitative estimate of drug-likeness (QED) is 0.795. The summed E-state index contributed by atoms with van der Waals surface area (Å²) in [4.78, 5) is 18.0. The molecule has 2 bridgehead atoms. The van der Waals surface area contributed by atoms with Crippen molar-refractivity contribution >= 4 is 28.7 Å². The number of hydrazone groups is 1. The molecule has 2 fully saturated rings. The fourth-order valence-electron chi connectivity index (χ4n) is 3.57. The molecule has 1 N–H and O–H groups in total. The van der Waals surface area contributed by atoms with Crippen LogP contribution in [0.15, 0.2) is 51.3 Å². The first kappa shape index (κ1) is 17.4. The summed E-state index contributed by atoms with van der Waals surface area (Å²) >= 11 is 1.45. The van der Waals surface area contributed by atoms with Crippen molar-refractivity contribution in [2.75, 3.05) is 13.7 Å². The Hall–Kier alpha value is -2.75. The van der Waals surface area contributed by atoms with E-state index in [0.29, 0.717) is 17.9 Å². The van der Waals surface area contributed by atoms with Crippen LogP contribution in [-0.4, -0.2) is 49.5 Å². The van der Waals surface area contributed by atoms with Crippen molar-refractivity contribution in [1.82, 2.24) is 5.43 Å². The third-order valence-corrected chi connectivity index (χ3v) is 5.67. The maximum atomic E-state index is 12.3. The maximum Gasteiger partial charge on any atom is 0.272 e. The number of oxime groups is 1. The smallest absolute Gasteiger partial charge is 0.272 e. The van der Waals surface area contributed by atoms with Crippen molar-refractivity contribution in [3.05, 3.63) is 52.2 Å². The number of carbonyl (C=O) groups excluding carboxylic acids is 1. The number of carbonyl (C=O) groups is 1. The second-order valence-corrected chi connectivity index (χ2v) is 7.36. The van der Waals surface area contributed by atoms with Crippen molar-refractivity contribution in [3.63, 3.8) is 0 Å². The lowest BCUT2D eigenvalue weighted by atomic mass is 9.84. The molecule has 1 aromatic heterocycles. The summed E-state index contributed by atoms with van der Waals surface area (Å²) in [6.45, 7) is 0.398. The number of hydrogen-bond donors (Lipinski definition) is 1. The van der Waals surface area contributed by atoms with Crippen molar-refractivity contribution < 1.29 is 23.8 Å². The van der Waals surface area contributed by atoms with E-state index in [1.807, 2.05) is 29.6 Å². The Bertz CT molecular complexity index is 941. The van der Waals surface area contributed by atoms with E-state index in [9.17, 15) is 4.79 Å². The number of benzene rings is 1. The average molecular weight is 399 g/mol. The summed E-state index contributed by atoms with van der Waals surface area (Å²) in [6, 6.07) is 9.31. The van der Waals surface area contributed by atoms with Gasteiger partial charge in [0, 0.05) is 10.9 Å². The molecule has 8 nitrogen and oxygen atoms in total. The molecule has 2 aromatic rings. The molecule has 4 atom stereocenters. The highest BCUT2D eigenvalue weighted by atomic mass is 32.1. The van der Waals surface area contributed by atoms with E-state index in [-0.39, 0.29) is 24.0 Å². The number of nitrogens with zero attached hydrogens (tertiary/aromatic N) is 2. The van der Waals surface area contributed by atoms with Gasteiger partial charge in [-0.3, -0.25) is 4.79 Å². The fourth-order valence-corrected chi connectivity index (χ4v) is 4.20. The minimum Gasteiger partial charge on any atom is -0.497 e. The van der Waals surface area contributed by atoms with Crippen LogP contribution in [0.5, 0.6) is 5.75 Å². The molecular weight excluding hydrogens is 382 g/mol. The molecule has 144 valence electrons. The second-order valence-electron chi connectivity index (χ2n) is 6.58. The van der Waals surface area contributed by atoms with Crippen LogP contribution in [-0.2, 0) is 14.3 Å². The van der Waals surface area contributed by atoms with Gasteiger partial charge in [0.15, 0.2) is 12.4 Å². The number of ether oxygens (including phenoxy) is 3. The predicted octanol–water partition coefficient (Wildman–Crippen LogP) is 2.02. The molecular formula is C19H17N3O5S. The Labute approximate surface area is 164 Å². The van der Waals surface area contributed by atoms with Crippen LogP contribution in [0, 0.1) is 5.92 Å². The Kier molecular flexibility index (Phi) is 4.34. The largest absolute Gasteiger partial charge is 0.497 e. The zero-order valence-electron chi connectivity index (χ0n) is 14.9. The number of amides is 1. The van der Waals surface area contributed by atoms with E-state index in [0.717, 1.165) is 17.0 Å². The number of methoxy groups -OCH3 is 1. The van der Waals surface area contributed by atoms with Crippen LogP contribution in [0.4, 0.5) is 0 Å². The number of nitrogens with one attached hydrogen (secondary N) is 1. The van der Waals surface area contributed by atoms with Gasteiger partial charge in [0.2, 0.25) is 0 Å². The number of hydrogen-bond acceptors (Lipinski definition) is 8. The summed E-state index contributed by atoms with van der Waals surface area (Å²) in [7, 11) is 1.62. The first-order valence-electron chi connectivity index (χ1n) is 8.80. The van der Waals surface area contributed by atoms with Gasteiger partial charge in [-0.1, -0.05) is 5.16 Å². The van der Waals surface area contributed by atoms with Gasteiger partial charge in [0.05, 0.1) is 30.9 Å². The highest BCUT2D eigenvalue weighted by Gasteiger charge is 2.55. The van der Waals surface area contributed by atoms with Crippen LogP contribution in [0.2, 0.25) is 0 Å². The summed E-state index contributed by atoms with van der Waals surface area (Å²) in [5.41, 5.74) is 5.34. The minimum absolute atomic E-state index is 0.221. The maximum absolute atomic E-state index is 12.3. The topological polar surface area (TPSA) is 90.7 Å². The second kappa shape index (κ2) is 7.01. The van der Waals surface area contributed by atoms with Gasteiger partial charge in [-0.05, 0) is 35.7 Å². The van der Waals surface area contributed by atoms with Gasteiger partial charge in [-0.15, -0.1) is 0 Å². The van der Waals surface area contributed by atoms with Crippen LogP contribution < -0.4 is 10.2 Å². The molecule has 0 radical (unpaired) electrons. The van der Waals surface area contributed by atoms with E-state index in [4.69, 9.17) is 19.0 Å². The molecule has 9 heteroatoms. The van der Waals surface area contributed by atoms with Gasteiger partial charge in [-0.2, -0.15) is 16.4 Å².